The summed E-state index contributed by atoms with van der Waals surface area (Å²) in [6.07, 6.45) is 1.00. The number of amides is 2. The van der Waals surface area contributed by atoms with Gasteiger partial charge in [-0.1, -0.05) is 31.5 Å². The standard InChI is InChI=1S/C14H19FN2O3/c1-3-6-12(13(18)19)16-14(20)17(2)9-10-7-4-5-8-11(10)15/h4-5,7-8,12H,3,6,9H2,1-2H3,(H,16,20)(H,18,19)/t12-/m1/s1. The topological polar surface area (TPSA) is 69.6 Å². The van der Waals surface area contributed by atoms with Crippen molar-refractivity contribution in [2.45, 2.75) is 32.4 Å². The number of carbonyl (C=O) groups excluding carboxylic acids is 1. The van der Waals surface area contributed by atoms with Crippen LogP contribution in [-0.4, -0.2) is 35.1 Å². The van der Waals surface area contributed by atoms with E-state index in [2.05, 4.69) is 5.32 Å². The van der Waals surface area contributed by atoms with Crippen molar-refractivity contribution in [2.75, 3.05) is 7.05 Å². The molecule has 2 amide bonds. The SMILES string of the molecule is CCC[C@@H](NC(=O)N(C)Cc1ccccc1F)C(=O)O. The summed E-state index contributed by atoms with van der Waals surface area (Å²) in [5, 5.41) is 11.4. The highest BCUT2D eigenvalue weighted by atomic mass is 19.1. The molecule has 1 aromatic rings. The van der Waals surface area contributed by atoms with E-state index in [4.69, 9.17) is 5.11 Å². The van der Waals surface area contributed by atoms with Crippen molar-refractivity contribution < 1.29 is 19.1 Å². The predicted molar refractivity (Wildman–Crippen MR) is 72.7 cm³/mol. The molecule has 0 aliphatic heterocycles. The molecule has 2 N–H and O–H groups in total. The quantitative estimate of drug-likeness (QED) is 0.840. The molecule has 110 valence electrons. The third-order valence-electron chi connectivity index (χ3n) is 2.89. The highest BCUT2D eigenvalue weighted by Gasteiger charge is 2.21. The van der Waals surface area contributed by atoms with Crippen molar-refractivity contribution in [3.63, 3.8) is 0 Å². The summed E-state index contributed by atoms with van der Waals surface area (Å²) in [6.45, 7) is 1.92. The maximum absolute atomic E-state index is 13.5. The fourth-order valence-corrected chi connectivity index (χ4v) is 1.76. The number of aliphatic carboxylic acids is 1. The van der Waals surface area contributed by atoms with E-state index in [0.29, 0.717) is 18.4 Å². The van der Waals surface area contributed by atoms with Gasteiger partial charge in [-0.15, -0.1) is 0 Å². The molecule has 0 fully saturated rings. The number of hydrogen-bond donors (Lipinski definition) is 2. The monoisotopic (exact) mass is 282 g/mol. The molecule has 0 aliphatic carbocycles. The lowest BCUT2D eigenvalue weighted by Crippen LogP contribution is -2.46. The second kappa shape index (κ2) is 7.47. The van der Waals surface area contributed by atoms with E-state index in [-0.39, 0.29) is 6.54 Å². The van der Waals surface area contributed by atoms with Crippen LogP contribution in [0.25, 0.3) is 0 Å². The zero-order valence-electron chi connectivity index (χ0n) is 11.6. The fourth-order valence-electron chi connectivity index (χ4n) is 1.76. The lowest BCUT2D eigenvalue weighted by Gasteiger charge is -2.21. The second-order valence-corrected chi connectivity index (χ2v) is 4.58. The minimum absolute atomic E-state index is 0.0803. The van der Waals surface area contributed by atoms with Gasteiger partial charge in [0.05, 0.1) is 0 Å². The first-order chi connectivity index (χ1) is 9.45. The van der Waals surface area contributed by atoms with Crippen molar-refractivity contribution >= 4 is 12.0 Å². The number of hydrogen-bond acceptors (Lipinski definition) is 2. The van der Waals surface area contributed by atoms with Gasteiger partial charge in [0.15, 0.2) is 0 Å². The number of carboxylic acid groups (broad SMARTS) is 1. The minimum Gasteiger partial charge on any atom is -0.480 e. The largest absolute Gasteiger partial charge is 0.480 e. The Hall–Kier alpha value is -2.11. The number of nitrogens with one attached hydrogen (secondary N) is 1. The fraction of sp³-hybridized carbons (Fsp3) is 0.429. The summed E-state index contributed by atoms with van der Waals surface area (Å²) in [6, 6.07) is 4.70. The number of halogens is 1. The van der Waals surface area contributed by atoms with E-state index < -0.39 is 23.9 Å². The van der Waals surface area contributed by atoms with Crippen LogP contribution in [-0.2, 0) is 11.3 Å². The summed E-state index contributed by atoms with van der Waals surface area (Å²) in [7, 11) is 1.49. The summed E-state index contributed by atoms with van der Waals surface area (Å²) >= 11 is 0. The Balaban J connectivity index is 2.63. The Kier molecular flexibility index (Phi) is 5.96. The first kappa shape index (κ1) is 15.9. The average Bonchev–Trinajstić information content (AvgIpc) is 2.40. The van der Waals surface area contributed by atoms with Crippen LogP contribution >= 0.6 is 0 Å². The van der Waals surface area contributed by atoms with Gasteiger partial charge < -0.3 is 15.3 Å². The summed E-state index contributed by atoms with van der Waals surface area (Å²) in [5.74, 6) is -1.46. The van der Waals surface area contributed by atoms with Gasteiger partial charge in [-0.05, 0) is 12.5 Å². The molecular weight excluding hydrogens is 263 g/mol. The van der Waals surface area contributed by atoms with E-state index in [1.807, 2.05) is 6.92 Å². The van der Waals surface area contributed by atoms with Crippen LogP contribution in [0.5, 0.6) is 0 Å². The molecule has 1 atom stereocenters. The molecule has 1 rings (SSSR count). The number of nitrogens with zero attached hydrogens (tertiary/aromatic N) is 1. The Morgan fingerprint density at radius 3 is 2.60 bits per heavy atom. The third-order valence-corrected chi connectivity index (χ3v) is 2.89. The molecule has 0 radical (unpaired) electrons. The van der Waals surface area contributed by atoms with Crippen LogP contribution in [0.3, 0.4) is 0 Å². The molecule has 0 bridgehead atoms. The highest BCUT2D eigenvalue weighted by Crippen LogP contribution is 2.09. The number of rotatable bonds is 6. The minimum atomic E-state index is -1.07. The molecule has 0 heterocycles. The molecular formula is C14H19FN2O3. The second-order valence-electron chi connectivity index (χ2n) is 4.58. The van der Waals surface area contributed by atoms with Gasteiger partial charge in [0.25, 0.3) is 0 Å². The third kappa shape index (κ3) is 4.53. The van der Waals surface area contributed by atoms with Crippen molar-refractivity contribution in [1.29, 1.82) is 0 Å². The maximum Gasteiger partial charge on any atom is 0.326 e. The molecule has 1 aromatic carbocycles. The zero-order valence-corrected chi connectivity index (χ0v) is 11.6. The van der Waals surface area contributed by atoms with Gasteiger partial charge in [0.1, 0.15) is 11.9 Å². The van der Waals surface area contributed by atoms with Crippen LogP contribution in [0.2, 0.25) is 0 Å². The van der Waals surface area contributed by atoms with Crippen LogP contribution in [0.1, 0.15) is 25.3 Å². The van der Waals surface area contributed by atoms with Gasteiger partial charge in [0, 0.05) is 19.2 Å². The molecule has 5 nitrogen and oxygen atoms in total. The number of benzene rings is 1. The Bertz CT molecular complexity index is 479. The van der Waals surface area contributed by atoms with Crippen molar-refractivity contribution in [2.24, 2.45) is 0 Å². The number of urea groups is 1. The highest BCUT2D eigenvalue weighted by molar-refractivity contribution is 5.82. The molecule has 20 heavy (non-hydrogen) atoms. The van der Waals surface area contributed by atoms with Crippen molar-refractivity contribution in [3.05, 3.63) is 35.6 Å². The van der Waals surface area contributed by atoms with Gasteiger partial charge >= 0.3 is 12.0 Å². The van der Waals surface area contributed by atoms with Crippen LogP contribution in [0.15, 0.2) is 24.3 Å². The van der Waals surface area contributed by atoms with Crippen LogP contribution < -0.4 is 5.32 Å². The summed E-state index contributed by atoms with van der Waals surface area (Å²) < 4.78 is 13.5. The zero-order chi connectivity index (χ0) is 15.1. The van der Waals surface area contributed by atoms with E-state index in [1.54, 1.807) is 18.2 Å². The van der Waals surface area contributed by atoms with Crippen molar-refractivity contribution in [3.8, 4) is 0 Å². The van der Waals surface area contributed by atoms with Crippen LogP contribution in [0, 0.1) is 5.82 Å². The number of carboxylic acids is 1. The Labute approximate surface area is 117 Å². The molecule has 0 saturated carbocycles. The van der Waals surface area contributed by atoms with Gasteiger partial charge in [-0.2, -0.15) is 0 Å². The number of carbonyl (C=O) groups is 2. The first-order valence-electron chi connectivity index (χ1n) is 6.43. The Morgan fingerprint density at radius 2 is 2.05 bits per heavy atom. The molecule has 6 heteroatoms. The predicted octanol–water partition coefficient (Wildman–Crippen LogP) is 2.22. The average molecular weight is 282 g/mol. The lowest BCUT2D eigenvalue weighted by atomic mass is 10.1. The van der Waals surface area contributed by atoms with Gasteiger partial charge in [0.2, 0.25) is 0 Å². The van der Waals surface area contributed by atoms with E-state index in [9.17, 15) is 14.0 Å². The smallest absolute Gasteiger partial charge is 0.326 e. The van der Waals surface area contributed by atoms with Crippen LogP contribution in [0.4, 0.5) is 9.18 Å². The van der Waals surface area contributed by atoms with E-state index in [0.717, 1.165) is 0 Å². The van der Waals surface area contributed by atoms with Crippen molar-refractivity contribution in [1.82, 2.24) is 10.2 Å². The van der Waals surface area contributed by atoms with E-state index in [1.165, 1.54) is 18.0 Å². The Morgan fingerprint density at radius 1 is 1.40 bits per heavy atom. The molecule has 0 spiro atoms. The molecule has 0 aromatic heterocycles. The lowest BCUT2D eigenvalue weighted by molar-refractivity contribution is -0.139. The molecule has 0 saturated heterocycles. The van der Waals surface area contributed by atoms with Gasteiger partial charge in [-0.3, -0.25) is 0 Å². The van der Waals surface area contributed by atoms with E-state index >= 15 is 0 Å². The van der Waals surface area contributed by atoms with Gasteiger partial charge in [-0.25, -0.2) is 14.0 Å². The molecule has 0 aliphatic rings. The molecule has 0 unspecified atom stereocenters. The summed E-state index contributed by atoms with van der Waals surface area (Å²) in [4.78, 5) is 24.1. The maximum atomic E-state index is 13.5. The first-order valence-corrected chi connectivity index (χ1v) is 6.43. The normalized spacial score (nSPS) is 11.8. The summed E-state index contributed by atoms with van der Waals surface area (Å²) in [5.41, 5.74) is 0.382.